The van der Waals surface area contributed by atoms with Crippen LogP contribution >= 0.6 is 0 Å². The quantitative estimate of drug-likeness (QED) is 0.813. The van der Waals surface area contributed by atoms with E-state index in [1.165, 1.54) is 10.8 Å². The van der Waals surface area contributed by atoms with Crippen molar-refractivity contribution < 1.29 is 14.6 Å². The van der Waals surface area contributed by atoms with Gasteiger partial charge in [-0.25, -0.2) is 4.79 Å². The maximum atomic E-state index is 12.4. The number of ether oxygens (including phenoxy) is 1. The monoisotopic (exact) mass is 315 g/mol. The van der Waals surface area contributed by atoms with Crippen LogP contribution in [-0.2, 0) is 11.2 Å². The third kappa shape index (κ3) is 4.45. The molecule has 0 spiro atoms. The molecule has 0 bridgehead atoms. The summed E-state index contributed by atoms with van der Waals surface area (Å²) in [6, 6.07) is 11.9. The Morgan fingerprint density at radius 1 is 1.22 bits per heavy atom. The molecule has 122 valence electrons. The van der Waals surface area contributed by atoms with Crippen LogP contribution in [0.1, 0.15) is 31.4 Å². The summed E-state index contributed by atoms with van der Waals surface area (Å²) < 4.78 is 6.64. The Labute approximate surface area is 135 Å². The maximum absolute atomic E-state index is 12.4. The first-order valence-electron chi connectivity index (χ1n) is 7.74. The van der Waals surface area contributed by atoms with Gasteiger partial charge in [-0.2, -0.15) is 0 Å². The summed E-state index contributed by atoms with van der Waals surface area (Å²) in [6.45, 7) is 2.38. The number of carboxylic acid groups (broad SMARTS) is 1. The van der Waals surface area contributed by atoms with E-state index in [-0.39, 0.29) is 5.75 Å². The van der Waals surface area contributed by atoms with Crippen molar-refractivity contribution in [3.8, 4) is 5.75 Å². The number of hydrogen-bond donors (Lipinski definition) is 1. The first kappa shape index (κ1) is 16.8. The number of carbonyl (C=O) groups is 1. The number of aryl methyl sites for hydroxylation is 1. The minimum atomic E-state index is -1.02. The van der Waals surface area contributed by atoms with Gasteiger partial charge in [0.05, 0.1) is 6.61 Å². The number of hydrogen-bond acceptors (Lipinski definition) is 3. The van der Waals surface area contributed by atoms with Crippen molar-refractivity contribution in [1.82, 2.24) is 4.57 Å². The number of nitrogens with zero attached hydrogens (tertiary/aromatic N) is 1. The van der Waals surface area contributed by atoms with Crippen LogP contribution in [0.2, 0.25) is 0 Å². The van der Waals surface area contributed by atoms with E-state index in [2.05, 4.69) is 0 Å². The molecular weight excluding hydrogens is 294 g/mol. The summed E-state index contributed by atoms with van der Waals surface area (Å²) in [7, 11) is 0. The molecule has 0 aliphatic heterocycles. The summed E-state index contributed by atoms with van der Waals surface area (Å²) >= 11 is 0. The van der Waals surface area contributed by atoms with Crippen molar-refractivity contribution in [1.29, 1.82) is 0 Å². The third-order valence-electron chi connectivity index (χ3n) is 3.57. The van der Waals surface area contributed by atoms with Crippen molar-refractivity contribution in [2.24, 2.45) is 0 Å². The molecule has 23 heavy (non-hydrogen) atoms. The topological polar surface area (TPSA) is 68.5 Å². The molecule has 2 aromatic rings. The fraction of sp³-hybridized carbons (Fsp3) is 0.333. The summed E-state index contributed by atoms with van der Waals surface area (Å²) in [6.07, 6.45) is 3.22. The Hall–Kier alpha value is -2.56. The van der Waals surface area contributed by atoms with Crippen LogP contribution in [0.3, 0.4) is 0 Å². The molecule has 0 aliphatic rings. The van der Waals surface area contributed by atoms with E-state index < -0.39 is 17.6 Å². The van der Waals surface area contributed by atoms with Crippen LogP contribution in [0, 0.1) is 0 Å². The normalized spacial score (nSPS) is 11.9. The molecule has 5 nitrogen and oxygen atoms in total. The molecule has 0 amide bonds. The van der Waals surface area contributed by atoms with Crippen LogP contribution < -0.4 is 10.3 Å². The zero-order valence-corrected chi connectivity index (χ0v) is 13.1. The van der Waals surface area contributed by atoms with E-state index in [1.54, 1.807) is 12.1 Å². The molecule has 0 saturated heterocycles. The molecule has 5 heteroatoms. The number of aliphatic carboxylic acids is 1. The zero-order valence-electron chi connectivity index (χ0n) is 13.1. The average Bonchev–Trinajstić information content (AvgIpc) is 2.56. The van der Waals surface area contributed by atoms with Crippen LogP contribution in [0.25, 0.3) is 0 Å². The van der Waals surface area contributed by atoms with Crippen LogP contribution in [0.5, 0.6) is 5.75 Å². The lowest BCUT2D eigenvalue weighted by Crippen LogP contribution is -2.30. The predicted molar refractivity (Wildman–Crippen MR) is 87.9 cm³/mol. The standard InChI is InChI=1S/C18H21NO4/c1-2-13-23-16-9-6-12-19(17(16)20)15(18(21)22)11-10-14-7-4-3-5-8-14/h3-9,12,15H,2,10-11,13H2,1H3,(H,21,22). The van der Waals surface area contributed by atoms with Crippen molar-refractivity contribution >= 4 is 5.97 Å². The molecule has 1 aromatic heterocycles. The Bertz CT molecular complexity index is 694. The Kier molecular flexibility index (Phi) is 5.97. The zero-order chi connectivity index (χ0) is 16.7. The predicted octanol–water partition coefficient (Wildman–Crippen LogP) is 2.90. The smallest absolute Gasteiger partial charge is 0.326 e. The second-order valence-corrected chi connectivity index (χ2v) is 5.31. The summed E-state index contributed by atoms with van der Waals surface area (Å²) in [5.41, 5.74) is 0.645. The molecule has 0 radical (unpaired) electrons. The van der Waals surface area contributed by atoms with E-state index >= 15 is 0 Å². The average molecular weight is 315 g/mol. The van der Waals surface area contributed by atoms with Crippen LogP contribution in [0.15, 0.2) is 53.5 Å². The Morgan fingerprint density at radius 3 is 2.61 bits per heavy atom. The van der Waals surface area contributed by atoms with E-state index in [1.807, 2.05) is 37.3 Å². The first-order valence-corrected chi connectivity index (χ1v) is 7.74. The number of benzene rings is 1. The molecule has 1 heterocycles. The van der Waals surface area contributed by atoms with E-state index in [0.717, 1.165) is 12.0 Å². The van der Waals surface area contributed by atoms with Gasteiger partial charge in [0.15, 0.2) is 5.75 Å². The van der Waals surface area contributed by atoms with Crippen molar-refractivity contribution in [3.63, 3.8) is 0 Å². The van der Waals surface area contributed by atoms with Gasteiger partial charge in [-0.05, 0) is 37.0 Å². The van der Waals surface area contributed by atoms with Crippen LogP contribution in [0.4, 0.5) is 0 Å². The number of aromatic nitrogens is 1. The lowest BCUT2D eigenvalue weighted by molar-refractivity contribution is -0.141. The first-order chi connectivity index (χ1) is 11.1. The molecule has 0 aliphatic carbocycles. The maximum Gasteiger partial charge on any atom is 0.326 e. The fourth-order valence-corrected chi connectivity index (χ4v) is 2.39. The third-order valence-corrected chi connectivity index (χ3v) is 3.57. The SMILES string of the molecule is CCCOc1cccn(C(CCc2ccccc2)C(=O)O)c1=O. The summed E-state index contributed by atoms with van der Waals surface area (Å²) in [5.74, 6) is -0.823. The van der Waals surface area contributed by atoms with E-state index in [9.17, 15) is 14.7 Å². The van der Waals surface area contributed by atoms with Crippen molar-refractivity contribution in [2.75, 3.05) is 6.61 Å². The van der Waals surface area contributed by atoms with Crippen LogP contribution in [-0.4, -0.2) is 22.2 Å². The second-order valence-electron chi connectivity index (χ2n) is 5.31. The highest BCUT2D eigenvalue weighted by Gasteiger charge is 2.21. The van der Waals surface area contributed by atoms with Gasteiger partial charge in [-0.3, -0.25) is 9.36 Å². The Morgan fingerprint density at radius 2 is 1.96 bits per heavy atom. The Balaban J connectivity index is 2.20. The van der Waals surface area contributed by atoms with E-state index in [0.29, 0.717) is 19.4 Å². The fourth-order valence-electron chi connectivity index (χ4n) is 2.39. The van der Waals surface area contributed by atoms with E-state index in [4.69, 9.17) is 4.74 Å². The highest BCUT2D eigenvalue weighted by Crippen LogP contribution is 2.16. The minimum absolute atomic E-state index is 0.195. The van der Waals surface area contributed by atoms with Gasteiger partial charge in [0.25, 0.3) is 5.56 Å². The lowest BCUT2D eigenvalue weighted by Gasteiger charge is -2.16. The number of rotatable bonds is 8. The number of pyridine rings is 1. The van der Waals surface area contributed by atoms with Gasteiger partial charge in [-0.15, -0.1) is 0 Å². The van der Waals surface area contributed by atoms with Gasteiger partial charge in [-0.1, -0.05) is 37.3 Å². The number of carboxylic acids is 1. The molecule has 1 atom stereocenters. The second kappa shape index (κ2) is 8.17. The minimum Gasteiger partial charge on any atom is -0.488 e. The summed E-state index contributed by atoms with van der Waals surface area (Å²) in [5, 5.41) is 9.50. The summed E-state index contributed by atoms with van der Waals surface area (Å²) in [4.78, 5) is 24.0. The van der Waals surface area contributed by atoms with Crippen molar-refractivity contribution in [3.05, 3.63) is 64.6 Å². The van der Waals surface area contributed by atoms with Gasteiger partial charge in [0.1, 0.15) is 6.04 Å². The molecule has 1 unspecified atom stereocenters. The van der Waals surface area contributed by atoms with Gasteiger partial charge in [0.2, 0.25) is 0 Å². The molecular formula is C18H21NO4. The van der Waals surface area contributed by atoms with Gasteiger partial charge in [0, 0.05) is 6.20 Å². The highest BCUT2D eigenvalue weighted by molar-refractivity contribution is 5.71. The molecule has 0 saturated carbocycles. The molecule has 2 rings (SSSR count). The largest absolute Gasteiger partial charge is 0.488 e. The molecule has 0 fully saturated rings. The van der Waals surface area contributed by atoms with Crippen molar-refractivity contribution in [2.45, 2.75) is 32.2 Å². The molecule has 1 N–H and O–H groups in total. The lowest BCUT2D eigenvalue weighted by atomic mass is 10.0. The van der Waals surface area contributed by atoms with Gasteiger partial charge < -0.3 is 9.84 Å². The van der Waals surface area contributed by atoms with Gasteiger partial charge >= 0.3 is 5.97 Å². The molecule has 1 aromatic carbocycles. The highest BCUT2D eigenvalue weighted by atomic mass is 16.5.